The van der Waals surface area contributed by atoms with Crippen LogP contribution in [0.5, 0.6) is 5.75 Å². The molecule has 0 bridgehead atoms. The van der Waals surface area contributed by atoms with Gasteiger partial charge in [0.2, 0.25) is 0 Å². The smallest absolute Gasteiger partial charge is 0.345 e. The third-order valence-corrected chi connectivity index (χ3v) is 8.07. The highest BCUT2D eigenvalue weighted by molar-refractivity contribution is 7.88. The van der Waals surface area contributed by atoms with Crippen LogP contribution in [0.25, 0.3) is 0 Å². The van der Waals surface area contributed by atoms with E-state index >= 15 is 0 Å². The molecule has 30 heavy (non-hydrogen) atoms. The standard InChI is InChI=1S/C22H29N3O4S/c1-15-11-12-25(20-10-5-4-9-18(15)20)22(26)21-14-19(23-30(27,28)24(21)2)16-7-6-8-17(13-16)29-3/h6-8,13-15,18,20H,4-5,9-12H2,1-3H3/t15-,18-,20+/m1/s1. The van der Waals surface area contributed by atoms with Gasteiger partial charge in [-0.25, -0.2) is 4.31 Å². The van der Waals surface area contributed by atoms with Gasteiger partial charge >= 0.3 is 10.2 Å². The van der Waals surface area contributed by atoms with Crippen molar-refractivity contribution < 1.29 is 17.9 Å². The van der Waals surface area contributed by atoms with Crippen molar-refractivity contribution in [2.75, 3.05) is 20.7 Å². The number of piperidine rings is 1. The fourth-order valence-corrected chi connectivity index (χ4v) is 5.89. The summed E-state index contributed by atoms with van der Waals surface area (Å²) in [6.07, 6.45) is 6.99. The van der Waals surface area contributed by atoms with Gasteiger partial charge in [0.25, 0.3) is 5.91 Å². The van der Waals surface area contributed by atoms with Gasteiger partial charge in [-0.3, -0.25) is 4.79 Å². The predicted octanol–water partition coefficient (Wildman–Crippen LogP) is 2.99. The molecular formula is C22H29N3O4S. The Labute approximate surface area is 178 Å². The van der Waals surface area contributed by atoms with Crippen LogP contribution in [0.2, 0.25) is 0 Å². The van der Waals surface area contributed by atoms with E-state index in [9.17, 15) is 13.2 Å². The fraction of sp³-hybridized carbons (Fsp3) is 0.545. The van der Waals surface area contributed by atoms with E-state index in [1.807, 2.05) is 4.90 Å². The van der Waals surface area contributed by atoms with E-state index in [0.717, 1.165) is 30.0 Å². The summed E-state index contributed by atoms with van der Waals surface area (Å²) in [5.74, 6) is 1.46. The molecule has 2 fully saturated rings. The zero-order valence-corrected chi connectivity index (χ0v) is 18.6. The zero-order chi connectivity index (χ0) is 21.5. The molecule has 4 rings (SSSR count). The summed E-state index contributed by atoms with van der Waals surface area (Å²) in [6.45, 7) is 2.94. The Morgan fingerprint density at radius 2 is 1.97 bits per heavy atom. The molecule has 1 aliphatic carbocycles. The molecular weight excluding hydrogens is 402 g/mol. The van der Waals surface area contributed by atoms with E-state index in [0.29, 0.717) is 29.7 Å². The van der Waals surface area contributed by atoms with Gasteiger partial charge in [-0.2, -0.15) is 8.42 Å². The topological polar surface area (TPSA) is 79.3 Å². The fourth-order valence-electron chi connectivity index (χ4n) is 4.98. The number of likely N-dealkylation sites (tertiary alicyclic amines) is 1. The number of methoxy groups -OCH3 is 1. The van der Waals surface area contributed by atoms with Crippen LogP contribution in [-0.4, -0.2) is 56.0 Å². The summed E-state index contributed by atoms with van der Waals surface area (Å²) in [5.41, 5.74) is 1.00. The number of nitrogens with zero attached hydrogens (tertiary/aromatic N) is 3. The number of hydrogen-bond acceptors (Lipinski definition) is 4. The van der Waals surface area contributed by atoms with E-state index in [4.69, 9.17) is 4.74 Å². The van der Waals surface area contributed by atoms with Gasteiger partial charge in [0.05, 0.1) is 12.8 Å². The molecule has 2 heterocycles. The van der Waals surface area contributed by atoms with Crippen LogP contribution in [0.4, 0.5) is 0 Å². The number of carbonyl (C=O) groups excluding carboxylic acids is 1. The van der Waals surface area contributed by atoms with Crippen LogP contribution in [-0.2, 0) is 15.0 Å². The summed E-state index contributed by atoms with van der Waals surface area (Å²) < 4.78 is 35.7. The number of benzene rings is 1. The Morgan fingerprint density at radius 3 is 2.73 bits per heavy atom. The number of amides is 1. The number of hydrogen-bond donors (Lipinski definition) is 0. The number of allylic oxidation sites excluding steroid dienone is 1. The molecule has 0 aromatic heterocycles. The number of rotatable bonds is 3. The van der Waals surface area contributed by atoms with Gasteiger partial charge in [-0.1, -0.05) is 31.9 Å². The van der Waals surface area contributed by atoms with Crippen molar-refractivity contribution in [2.24, 2.45) is 16.2 Å². The molecule has 1 aromatic rings. The molecule has 0 spiro atoms. The first-order valence-corrected chi connectivity index (χ1v) is 12.0. The van der Waals surface area contributed by atoms with Crippen LogP contribution >= 0.6 is 0 Å². The molecule has 0 N–H and O–H groups in total. The van der Waals surface area contributed by atoms with E-state index in [1.165, 1.54) is 13.5 Å². The Hall–Kier alpha value is -2.35. The SMILES string of the molecule is COc1cccc(C2=NS(=O)(=O)N(C)C(C(=O)N3CC[C@@H](C)[C@H]4CCCC[C@@H]43)=C2)c1. The van der Waals surface area contributed by atoms with Gasteiger partial charge in [0, 0.05) is 25.2 Å². The Balaban J connectivity index is 1.70. The second-order valence-corrected chi connectivity index (χ2v) is 10.1. The summed E-state index contributed by atoms with van der Waals surface area (Å²) in [7, 11) is -1.04. The maximum absolute atomic E-state index is 13.6. The molecule has 0 radical (unpaired) electrons. The van der Waals surface area contributed by atoms with Crippen molar-refractivity contribution in [3.05, 3.63) is 41.6 Å². The first-order valence-electron chi connectivity index (χ1n) is 10.6. The van der Waals surface area contributed by atoms with Crippen LogP contribution in [0.3, 0.4) is 0 Å². The van der Waals surface area contributed by atoms with Crippen LogP contribution in [0.15, 0.2) is 40.4 Å². The molecule has 0 unspecified atom stereocenters. The van der Waals surface area contributed by atoms with Crippen molar-refractivity contribution in [2.45, 2.75) is 45.1 Å². The maximum atomic E-state index is 13.6. The van der Waals surface area contributed by atoms with Crippen molar-refractivity contribution in [3.8, 4) is 5.75 Å². The average molecular weight is 432 g/mol. The molecule has 3 atom stereocenters. The van der Waals surface area contributed by atoms with Gasteiger partial charge in [-0.15, -0.1) is 4.40 Å². The molecule has 8 heteroatoms. The molecule has 1 saturated heterocycles. The minimum Gasteiger partial charge on any atom is -0.497 e. The third-order valence-electron chi connectivity index (χ3n) is 6.76. The average Bonchev–Trinajstić information content (AvgIpc) is 2.75. The van der Waals surface area contributed by atoms with E-state index in [1.54, 1.807) is 37.5 Å². The Bertz CT molecular complexity index is 1000. The van der Waals surface area contributed by atoms with Gasteiger partial charge in [0.15, 0.2) is 0 Å². The Kier molecular flexibility index (Phi) is 5.61. The van der Waals surface area contributed by atoms with Crippen LogP contribution in [0.1, 0.15) is 44.6 Å². The third kappa shape index (κ3) is 3.73. The molecule has 1 saturated carbocycles. The molecule has 7 nitrogen and oxygen atoms in total. The van der Waals surface area contributed by atoms with Gasteiger partial charge < -0.3 is 9.64 Å². The first kappa shape index (κ1) is 20.9. The largest absolute Gasteiger partial charge is 0.497 e. The summed E-state index contributed by atoms with van der Waals surface area (Å²) in [4.78, 5) is 15.5. The van der Waals surface area contributed by atoms with E-state index in [-0.39, 0.29) is 23.4 Å². The second kappa shape index (κ2) is 8.06. The minimum absolute atomic E-state index is 0.154. The normalized spacial score (nSPS) is 28.3. The van der Waals surface area contributed by atoms with Gasteiger partial charge in [-0.05, 0) is 49.3 Å². The second-order valence-electron chi connectivity index (χ2n) is 8.46. The van der Waals surface area contributed by atoms with Crippen molar-refractivity contribution in [1.82, 2.24) is 9.21 Å². The van der Waals surface area contributed by atoms with Crippen LogP contribution in [0, 0.1) is 11.8 Å². The number of ether oxygens (including phenoxy) is 1. The number of likely N-dealkylation sites (N-methyl/N-ethyl adjacent to an activating group) is 1. The first-order chi connectivity index (χ1) is 14.3. The lowest BCUT2D eigenvalue weighted by Gasteiger charge is -2.47. The lowest BCUT2D eigenvalue weighted by Crippen LogP contribution is -2.54. The highest BCUT2D eigenvalue weighted by Crippen LogP contribution is 2.39. The monoisotopic (exact) mass is 431 g/mol. The maximum Gasteiger partial charge on any atom is 0.345 e. The number of fused-ring (bicyclic) bond motifs is 1. The van der Waals surface area contributed by atoms with Crippen LogP contribution < -0.4 is 4.74 Å². The van der Waals surface area contributed by atoms with Gasteiger partial charge in [0.1, 0.15) is 11.4 Å². The lowest BCUT2D eigenvalue weighted by atomic mass is 9.72. The zero-order valence-electron chi connectivity index (χ0n) is 17.7. The molecule has 1 amide bonds. The van der Waals surface area contributed by atoms with Crippen molar-refractivity contribution in [1.29, 1.82) is 0 Å². The molecule has 162 valence electrons. The van der Waals surface area contributed by atoms with Crippen molar-refractivity contribution in [3.63, 3.8) is 0 Å². The molecule has 2 aliphatic heterocycles. The summed E-state index contributed by atoms with van der Waals surface area (Å²) in [5, 5.41) is 0. The highest BCUT2D eigenvalue weighted by atomic mass is 32.2. The summed E-state index contributed by atoms with van der Waals surface area (Å²) >= 11 is 0. The Morgan fingerprint density at radius 1 is 1.20 bits per heavy atom. The summed E-state index contributed by atoms with van der Waals surface area (Å²) in [6, 6.07) is 7.22. The quantitative estimate of drug-likeness (QED) is 0.737. The highest BCUT2D eigenvalue weighted by Gasteiger charge is 2.42. The van der Waals surface area contributed by atoms with Crippen molar-refractivity contribution >= 4 is 21.8 Å². The molecule has 1 aromatic carbocycles. The minimum atomic E-state index is -3.99. The predicted molar refractivity (Wildman–Crippen MR) is 116 cm³/mol. The van der Waals surface area contributed by atoms with E-state index in [2.05, 4.69) is 11.3 Å². The lowest BCUT2D eigenvalue weighted by molar-refractivity contribution is -0.135. The van der Waals surface area contributed by atoms with E-state index < -0.39 is 10.2 Å². The number of carbonyl (C=O) groups is 1. The molecule has 3 aliphatic rings.